The summed E-state index contributed by atoms with van der Waals surface area (Å²) in [6.45, 7) is 0.116. The van der Waals surface area contributed by atoms with Crippen molar-refractivity contribution < 1.29 is 41.1 Å². The number of benzene rings is 1. The number of piperidine rings is 1. The number of carbonyl (C=O) groups is 2. The van der Waals surface area contributed by atoms with Crippen LogP contribution >= 0.6 is 0 Å². The second-order valence-corrected chi connectivity index (χ2v) is 8.54. The summed E-state index contributed by atoms with van der Waals surface area (Å²) >= 11 is 0. The van der Waals surface area contributed by atoms with Gasteiger partial charge >= 0.3 is 12.2 Å². The molecule has 1 aromatic carbocycles. The van der Waals surface area contributed by atoms with Crippen molar-refractivity contribution in [2.45, 2.75) is 43.1 Å². The second-order valence-electron chi connectivity index (χ2n) is 8.54. The first-order valence-corrected chi connectivity index (χ1v) is 11.0. The van der Waals surface area contributed by atoms with Gasteiger partial charge < -0.3 is 25.6 Å². The highest BCUT2D eigenvalue weighted by Gasteiger charge is 2.45. The Morgan fingerprint density at radius 1 is 1.23 bits per heavy atom. The van der Waals surface area contributed by atoms with Crippen molar-refractivity contribution in [3.05, 3.63) is 35.4 Å². The van der Waals surface area contributed by atoms with Crippen molar-refractivity contribution in [3.63, 3.8) is 0 Å². The smallest absolute Gasteiger partial charge is 0.377 e. The molecule has 2 saturated heterocycles. The lowest BCUT2D eigenvalue weighted by Gasteiger charge is -2.41. The summed E-state index contributed by atoms with van der Waals surface area (Å²) in [5.41, 5.74) is 5.81. The molecule has 3 amide bonds. The highest BCUT2D eigenvalue weighted by atomic mass is 19.4. The zero-order valence-electron chi connectivity index (χ0n) is 18.8. The highest BCUT2D eigenvalue weighted by molar-refractivity contribution is 5.94. The van der Waals surface area contributed by atoms with Crippen LogP contribution in [0, 0.1) is 0 Å². The Morgan fingerprint density at radius 2 is 1.91 bits per heavy atom. The molecule has 2 aliphatic heterocycles. The number of hydrogen-bond donors (Lipinski definition) is 3. The lowest BCUT2D eigenvalue weighted by molar-refractivity contribution is -0.228. The predicted molar refractivity (Wildman–Crippen MR) is 113 cm³/mol. The summed E-state index contributed by atoms with van der Waals surface area (Å²) < 4.78 is 71.8. The molecule has 0 bridgehead atoms. The zero-order valence-corrected chi connectivity index (χ0v) is 18.8. The van der Waals surface area contributed by atoms with E-state index in [2.05, 4.69) is 10.2 Å². The van der Waals surface area contributed by atoms with E-state index in [1.807, 2.05) is 0 Å². The molecule has 1 aromatic rings. The van der Waals surface area contributed by atoms with E-state index in [-0.39, 0.29) is 56.8 Å². The lowest BCUT2D eigenvalue weighted by atomic mass is 10.0. The molecule has 35 heavy (non-hydrogen) atoms. The van der Waals surface area contributed by atoms with Gasteiger partial charge in [-0.3, -0.25) is 9.63 Å². The number of nitrogens with one attached hydrogen (secondary N) is 1. The van der Waals surface area contributed by atoms with E-state index in [4.69, 9.17) is 16.4 Å². The molecule has 9 nitrogen and oxygen atoms in total. The molecule has 0 aromatic heterocycles. The normalized spacial score (nSPS) is 22.4. The van der Waals surface area contributed by atoms with Gasteiger partial charge in [0, 0.05) is 31.6 Å². The number of likely N-dealkylation sites (tertiary alicyclic amines) is 1. The van der Waals surface area contributed by atoms with Gasteiger partial charge in [-0.1, -0.05) is 12.1 Å². The van der Waals surface area contributed by atoms with Gasteiger partial charge in [0.25, 0.3) is 11.8 Å². The summed E-state index contributed by atoms with van der Waals surface area (Å²) in [6, 6.07) is 2.40. The van der Waals surface area contributed by atoms with Crippen LogP contribution in [0.4, 0.5) is 26.7 Å². The minimum Gasteiger partial charge on any atom is -0.377 e. The number of alkyl halides is 5. The lowest BCUT2D eigenvalue weighted by Crippen LogP contribution is -2.59. The maximum absolute atomic E-state index is 13.8. The fraction of sp³-hybridized carbons (Fsp3) is 0.619. The maximum Gasteiger partial charge on any atom is 0.418 e. The van der Waals surface area contributed by atoms with Gasteiger partial charge in [0.1, 0.15) is 0 Å². The van der Waals surface area contributed by atoms with E-state index in [0.717, 1.165) is 4.90 Å². The topological polar surface area (TPSA) is 123 Å². The Labute approximate surface area is 198 Å². The van der Waals surface area contributed by atoms with Crippen molar-refractivity contribution >= 4 is 11.9 Å². The molecule has 2 fully saturated rings. The van der Waals surface area contributed by atoms with Crippen LogP contribution in [-0.4, -0.2) is 85.4 Å². The van der Waals surface area contributed by atoms with Crippen molar-refractivity contribution in [2.75, 3.05) is 39.4 Å². The Bertz CT molecular complexity index is 886. The van der Waals surface area contributed by atoms with E-state index >= 15 is 0 Å². The minimum absolute atomic E-state index is 0.00671. The Hall–Kier alpha value is -2.55. The number of ether oxygens (including phenoxy) is 1. The number of amides is 3. The number of carbonyl (C=O) groups excluding carboxylic acids is 2. The van der Waals surface area contributed by atoms with E-state index in [0.29, 0.717) is 0 Å². The van der Waals surface area contributed by atoms with Gasteiger partial charge in [-0.2, -0.15) is 13.2 Å². The van der Waals surface area contributed by atoms with E-state index in [1.54, 1.807) is 0 Å². The molecule has 3 atom stereocenters. The third kappa shape index (κ3) is 6.78. The van der Waals surface area contributed by atoms with Gasteiger partial charge in [0.2, 0.25) is 0 Å². The highest BCUT2D eigenvalue weighted by Crippen LogP contribution is 2.31. The molecule has 2 aliphatic rings. The van der Waals surface area contributed by atoms with Crippen LogP contribution in [0.25, 0.3) is 0 Å². The number of nitrogens with zero attached hydrogens (tertiary/aromatic N) is 2. The first-order chi connectivity index (χ1) is 16.4. The van der Waals surface area contributed by atoms with Crippen LogP contribution in [0.1, 0.15) is 34.8 Å². The first kappa shape index (κ1) is 27.0. The number of nitrogens with two attached hydrogens (primary N) is 2. The van der Waals surface area contributed by atoms with E-state index in [1.165, 1.54) is 29.2 Å². The number of rotatable bonds is 6. The SMILES string of the molecule is NOC([C@@H](N)c1ccc(C(=O)NC[C@H]2COCCN2C(=O)N2CCCC(F)(F)C2)cc1)C(F)(F)F. The molecule has 2 heterocycles. The van der Waals surface area contributed by atoms with E-state index in [9.17, 15) is 31.5 Å². The molecular weight excluding hydrogens is 481 g/mol. The molecule has 0 saturated carbocycles. The van der Waals surface area contributed by atoms with Crippen molar-refractivity contribution in [2.24, 2.45) is 11.6 Å². The fourth-order valence-corrected chi connectivity index (χ4v) is 4.10. The molecule has 196 valence electrons. The summed E-state index contributed by atoms with van der Waals surface area (Å²) in [6.07, 6.45) is -7.26. The fourth-order valence-electron chi connectivity index (χ4n) is 4.10. The average Bonchev–Trinajstić information content (AvgIpc) is 2.81. The minimum atomic E-state index is -4.78. The quantitative estimate of drug-likeness (QED) is 0.397. The van der Waals surface area contributed by atoms with Crippen LogP contribution in [-0.2, 0) is 9.57 Å². The number of halogens is 5. The monoisotopic (exact) mass is 509 g/mol. The average molecular weight is 509 g/mol. The summed E-state index contributed by atoms with van der Waals surface area (Å²) in [5, 5.41) is 2.64. The Morgan fingerprint density at radius 3 is 2.51 bits per heavy atom. The third-order valence-corrected chi connectivity index (χ3v) is 5.99. The number of hydrogen-bond acceptors (Lipinski definition) is 6. The van der Waals surface area contributed by atoms with E-state index < -0.39 is 48.8 Å². The largest absolute Gasteiger partial charge is 0.418 e. The van der Waals surface area contributed by atoms with Crippen LogP contribution in [0.3, 0.4) is 0 Å². The molecule has 0 spiro atoms. The molecule has 0 aliphatic carbocycles. The molecular formula is C21H28F5N5O4. The maximum atomic E-state index is 13.8. The van der Waals surface area contributed by atoms with Crippen LogP contribution in [0.2, 0.25) is 0 Å². The second kappa shape index (κ2) is 11.0. The van der Waals surface area contributed by atoms with Crippen LogP contribution in [0.5, 0.6) is 0 Å². The molecule has 3 rings (SSSR count). The molecule has 5 N–H and O–H groups in total. The first-order valence-electron chi connectivity index (χ1n) is 11.0. The Balaban J connectivity index is 1.60. The van der Waals surface area contributed by atoms with Crippen LogP contribution in [0.15, 0.2) is 24.3 Å². The summed E-state index contributed by atoms with van der Waals surface area (Å²) in [4.78, 5) is 31.9. The number of urea groups is 1. The van der Waals surface area contributed by atoms with Gasteiger partial charge in [-0.25, -0.2) is 19.5 Å². The number of morpholine rings is 1. The van der Waals surface area contributed by atoms with Crippen LogP contribution < -0.4 is 16.9 Å². The predicted octanol–water partition coefficient (Wildman–Crippen LogP) is 1.79. The van der Waals surface area contributed by atoms with Gasteiger partial charge in [-0.15, -0.1) is 0 Å². The van der Waals surface area contributed by atoms with Crippen molar-refractivity contribution in [3.8, 4) is 0 Å². The zero-order chi connectivity index (χ0) is 25.8. The van der Waals surface area contributed by atoms with Gasteiger partial charge in [-0.05, 0) is 24.1 Å². The molecule has 1 unspecified atom stereocenters. The van der Waals surface area contributed by atoms with Gasteiger partial charge in [0.15, 0.2) is 6.10 Å². The van der Waals surface area contributed by atoms with Gasteiger partial charge in [0.05, 0.1) is 31.8 Å². The standard InChI is InChI=1S/C21H28F5N5O4/c22-20(23)6-1-7-30(12-20)19(33)31-8-9-34-11-15(31)10-29-18(32)14-4-2-13(3-5-14)16(27)17(35-28)21(24,25)26/h2-5,15-17H,1,6-12,27-28H2,(H,29,32)/t15-,16-,17?/m0/s1. The third-order valence-electron chi connectivity index (χ3n) is 5.99. The van der Waals surface area contributed by atoms with Crippen molar-refractivity contribution in [1.29, 1.82) is 0 Å². The summed E-state index contributed by atoms with van der Waals surface area (Å²) in [5.74, 6) is 1.25. The summed E-state index contributed by atoms with van der Waals surface area (Å²) in [7, 11) is 0. The molecule has 14 heteroatoms. The molecule has 0 radical (unpaired) electrons. The Kier molecular flexibility index (Phi) is 8.51. The van der Waals surface area contributed by atoms with Crippen molar-refractivity contribution in [1.82, 2.24) is 15.1 Å².